The van der Waals surface area contributed by atoms with Crippen LogP contribution in [0.2, 0.25) is 0 Å². The maximum Gasteiger partial charge on any atom is 0.251 e. The van der Waals surface area contributed by atoms with E-state index in [1.54, 1.807) is 40.7 Å². The zero-order chi connectivity index (χ0) is 44.2. The van der Waals surface area contributed by atoms with Gasteiger partial charge in [-0.2, -0.15) is 0 Å². The first kappa shape index (κ1) is 42.7. The third kappa shape index (κ3) is 9.78. The van der Waals surface area contributed by atoms with Crippen LogP contribution in [0.1, 0.15) is 72.6 Å². The minimum Gasteiger partial charge on any atom is -0.349 e. The standard InChI is InChI=1S/C27H28N4OS.C23H20N4O3S/c1-2-3-7-16-33-27-25-28-17-24(31(25)18-23(30-27)19-8-5-4-6-9-19)20-10-12-21(13-11-20)26(32)29-22-14-15-22;1-31(29,30)23-21-24-13-20(27(21)14-19(26-23)15-5-3-2-4-6-15)16-7-9-17(10-8-16)22(28)25-18-11-12-18/h4-6,8-13,17-18,22H,2-3,7,14-16H2,1H3,(H,29,32);2-10,13-14,18H,11-12H2,1H3,(H,25,28). The number of benzene rings is 4. The molecule has 324 valence electrons. The van der Waals surface area contributed by atoms with E-state index in [0.717, 1.165) is 82.0 Å². The molecular formula is C50H48N8O4S2. The molecule has 0 bridgehead atoms. The predicted octanol–water partition coefficient (Wildman–Crippen LogP) is 9.60. The first-order valence-electron chi connectivity index (χ1n) is 21.7. The second-order valence-corrected chi connectivity index (χ2v) is 19.3. The summed E-state index contributed by atoms with van der Waals surface area (Å²) in [7, 11) is -3.60. The second-order valence-electron chi connectivity index (χ2n) is 16.2. The summed E-state index contributed by atoms with van der Waals surface area (Å²) in [4.78, 5) is 43.1. The topological polar surface area (TPSA) is 153 Å². The van der Waals surface area contributed by atoms with Crippen LogP contribution in [0.3, 0.4) is 0 Å². The van der Waals surface area contributed by atoms with Crippen LogP contribution in [-0.2, 0) is 9.84 Å². The van der Waals surface area contributed by atoms with Gasteiger partial charge in [0.15, 0.2) is 26.2 Å². The van der Waals surface area contributed by atoms with Gasteiger partial charge >= 0.3 is 0 Å². The van der Waals surface area contributed by atoms with Crippen LogP contribution in [0.4, 0.5) is 0 Å². The van der Waals surface area contributed by atoms with E-state index in [-0.39, 0.29) is 22.5 Å². The first-order valence-corrected chi connectivity index (χ1v) is 24.5. The van der Waals surface area contributed by atoms with E-state index < -0.39 is 9.84 Å². The van der Waals surface area contributed by atoms with Gasteiger partial charge in [-0.05, 0) is 62.1 Å². The van der Waals surface area contributed by atoms with Gasteiger partial charge in [-0.1, -0.05) is 105 Å². The number of fused-ring (bicyclic) bond motifs is 2. The molecule has 2 aliphatic rings. The molecule has 4 aromatic carbocycles. The van der Waals surface area contributed by atoms with Gasteiger partial charge in [-0.3, -0.25) is 18.4 Å². The molecule has 0 atom stereocenters. The molecule has 10 rings (SSSR count). The van der Waals surface area contributed by atoms with Crippen molar-refractivity contribution in [1.82, 2.24) is 39.4 Å². The van der Waals surface area contributed by atoms with E-state index in [1.165, 1.54) is 19.3 Å². The molecule has 0 saturated heterocycles. The van der Waals surface area contributed by atoms with Gasteiger partial charge in [0.05, 0.1) is 35.2 Å². The number of thioether (sulfide) groups is 1. The van der Waals surface area contributed by atoms with Crippen LogP contribution in [0.25, 0.3) is 56.3 Å². The Balaban J connectivity index is 0.000000162. The van der Waals surface area contributed by atoms with Gasteiger partial charge < -0.3 is 10.6 Å². The van der Waals surface area contributed by atoms with Gasteiger partial charge in [0.2, 0.25) is 0 Å². The number of nitrogens with zero attached hydrogens (tertiary/aromatic N) is 6. The highest BCUT2D eigenvalue weighted by Gasteiger charge is 2.25. The van der Waals surface area contributed by atoms with Gasteiger partial charge in [-0.25, -0.2) is 28.4 Å². The van der Waals surface area contributed by atoms with Crippen LogP contribution in [0.15, 0.2) is 144 Å². The van der Waals surface area contributed by atoms with E-state index in [0.29, 0.717) is 34.6 Å². The lowest BCUT2D eigenvalue weighted by Crippen LogP contribution is -2.25. The number of hydrogen-bond acceptors (Lipinski definition) is 9. The van der Waals surface area contributed by atoms with Crippen molar-refractivity contribution >= 4 is 44.7 Å². The van der Waals surface area contributed by atoms with Crippen molar-refractivity contribution in [2.24, 2.45) is 0 Å². The fourth-order valence-corrected chi connectivity index (χ4v) is 9.02. The maximum atomic E-state index is 12.4. The van der Waals surface area contributed by atoms with Crippen molar-refractivity contribution in [1.29, 1.82) is 0 Å². The Morgan fingerprint density at radius 2 is 1.09 bits per heavy atom. The molecule has 4 heterocycles. The number of amides is 2. The quantitative estimate of drug-likeness (QED) is 0.0803. The van der Waals surface area contributed by atoms with Gasteiger partial charge in [-0.15, -0.1) is 11.8 Å². The van der Waals surface area contributed by atoms with Crippen molar-refractivity contribution in [2.45, 2.75) is 74.0 Å². The molecule has 12 nitrogen and oxygen atoms in total. The predicted molar refractivity (Wildman–Crippen MR) is 252 cm³/mol. The number of rotatable bonds is 14. The molecule has 14 heteroatoms. The number of unbranched alkanes of at least 4 members (excludes halogenated alkanes) is 2. The van der Waals surface area contributed by atoms with E-state index in [9.17, 15) is 18.0 Å². The number of aromatic nitrogens is 6. The second kappa shape index (κ2) is 18.6. The summed E-state index contributed by atoms with van der Waals surface area (Å²) in [5.41, 5.74) is 9.35. The molecule has 0 aliphatic heterocycles. The fraction of sp³-hybridized carbons (Fsp3) is 0.240. The van der Waals surface area contributed by atoms with Crippen molar-refractivity contribution < 1.29 is 18.0 Å². The molecule has 2 saturated carbocycles. The zero-order valence-electron chi connectivity index (χ0n) is 35.6. The first-order chi connectivity index (χ1) is 31.1. The molecule has 8 aromatic rings. The SMILES string of the molecule is CCCCCSc1nc(-c2ccccc2)cn2c(-c3ccc(C(=O)NC4CC4)cc3)cnc12.CS(=O)(=O)c1nc(-c2ccccc2)cn2c(-c3ccc(C(=O)NC4CC4)cc3)cnc12. The van der Waals surface area contributed by atoms with Crippen LogP contribution in [0, 0.1) is 0 Å². The molecule has 0 unspecified atom stereocenters. The monoisotopic (exact) mass is 888 g/mol. The molecule has 4 aromatic heterocycles. The van der Waals surface area contributed by atoms with E-state index in [4.69, 9.17) is 9.97 Å². The van der Waals surface area contributed by atoms with E-state index in [2.05, 4.69) is 50.3 Å². The molecule has 2 N–H and O–H groups in total. The highest BCUT2D eigenvalue weighted by molar-refractivity contribution is 7.99. The molecule has 0 spiro atoms. The van der Waals surface area contributed by atoms with Crippen molar-refractivity contribution in [2.75, 3.05) is 12.0 Å². The summed E-state index contributed by atoms with van der Waals surface area (Å²) < 4.78 is 28.7. The number of imidazole rings is 2. The lowest BCUT2D eigenvalue weighted by atomic mass is 10.1. The Bertz CT molecular complexity index is 3060. The normalized spacial score (nSPS) is 13.7. The fourth-order valence-electron chi connectivity index (χ4n) is 7.29. The third-order valence-electron chi connectivity index (χ3n) is 11.1. The number of hydrogen-bond donors (Lipinski definition) is 2. The lowest BCUT2D eigenvalue weighted by molar-refractivity contribution is 0.0942. The molecular weight excluding hydrogens is 841 g/mol. The highest BCUT2D eigenvalue weighted by Crippen LogP contribution is 2.32. The third-order valence-corrected chi connectivity index (χ3v) is 13.1. The number of carbonyl (C=O) groups excluding carboxylic acids is 2. The molecule has 0 radical (unpaired) electrons. The van der Waals surface area contributed by atoms with Gasteiger partial charge in [0.1, 0.15) is 5.03 Å². The molecule has 2 aliphatic carbocycles. The van der Waals surface area contributed by atoms with Crippen molar-refractivity contribution in [3.05, 3.63) is 145 Å². The Morgan fingerprint density at radius 3 is 1.56 bits per heavy atom. The Hall–Kier alpha value is -6.64. The average molecular weight is 889 g/mol. The van der Waals surface area contributed by atoms with E-state index in [1.807, 2.05) is 91.1 Å². The van der Waals surface area contributed by atoms with Crippen LogP contribution < -0.4 is 10.6 Å². The summed E-state index contributed by atoms with van der Waals surface area (Å²) in [6, 6.07) is 35.3. The van der Waals surface area contributed by atoms with Gasteiger partial charge in [0.25, 0.3) is 11.8 Å². The molecule has 2 amide bonds. The average Bonchev–Trinajstić information content (AvgIpc) is 4.24. The molecule has 64 heavy (non-hydrogen) atoms. The van der Waals surface area contributed by atoms with Crippen molar-refractivity contribution in [3.8, 4) is 45.0 Å². The minimum atomic E-state index is -3.60. The summed E-state index contributed by atoms with van der Waals surface area (Å²) >= 11 is 1.78. The summed E-state index contributed by atoms with van der Waals surface area (Å²) in [5, 5.41) is 6.91. The highest BCUT2D eigenvalue weighted by atomic mass is 32.2. The Morgan fingerprint density at radius 1 is 0.625 bits per heavy atom. The number of nitrogens with one attached hydrogen (secondary N) is 2. The smallest absolute Gasteiger partial charge is 0.251 e. The maximum absolute atomic E-state index is 12.4. The largest absolute Gasteiger partial charge is 0.349 e. The van der Waals surface area contributed by atoms with Crippen LogP contribution in [-0.4, -0.2) is 73.1 Å². The summed E-state index contributed by atoms with van der Waals surface area (Å²) in [6.07, 6.45) is 16.3. The van der Waals surface area contributed by atoms with Crippen molar-refractivity contribution in [3.63, 3.8) is 0 Å². The number of carbonyl (C=O) groups is 2. The summed E-state index contributed by atoms with van der Waals surface area (Å²) in [5.74, 6) is 0.951. The minimum absolute atomic E-state index is 0.00326. The van der Waals surface area contributed by atoms with Gasteiger partial charge in [0, 0.05) is 64.1 Å². The Labute approximate surface area is 376 Å². The summed E-state index contributed by atoms with van der Waals surface area (Å²) in [6.45, 7) is 2.22. The van der Waals surface area contributed by atoms with E-state index >= 15 is 0 Å². The lowest BCUT2D eigenvalue weighted by Gasteiger charge is -2.10. The number of sulfone groups is 1. The van der Waals surface area contributed by atoms with Crippen LogP contribution >= 0.6 is 11.8 Å². The molecule has 2 fully saturated rings. The van der Waals surface area contributed by atoms with Crippen LogP contribution in [0.5, 0.6) is 0 Å². The Kier molecular flexibility index (Phi) is 12.4. The zero-order valence-corrected chi connectivity index (χ0v) is 37.3.